The van der Waals surface area contributed by atoms with Crippen LogP contribution in [0, 0.1) is 5.92 Å². The summed E-state index contributed by atoms with van der Waals surface area (Å²) in [7, 11) is 1.63. The molecule has 1 unspecified atom stereocenters. The third-order valence-corrected chi connectivity index (χ3v) is 4.02. The molecule has 1 aliphatic heterocycles. The van der Waals surface area contributed by atoms with Crippen LogP contribution < -0.4 is 9.47 Å². The van der Waals surface area contributed by atoms with E-state index in [2.05, 4.69) is 9.97 Å². The van der Waals surface area contributed by atoms with Gasteiger partial charge < -0.3 is 9.47 Å². The molecular formula is C16H15ClN2O3. The van der Waals surface area contributed by atoms with E-state index in [0.717, 1.165) is 11.3 Å². The fourth-order valence-corrected chi connectivity index (χ4v) is 2.76. The van der Waals surface area contributed by atoms with Crippen LogP contribution in [0.1, 0.15) is 22.3 Å². The van der Waals surface area contributed by atoms with Crippen LogP contribution in [0.3, 0.4) is 0 Å². The minimum absolute atomic E-state index is 0.0612. The van der Waals surface area contributed by atoms with Crippen LogP contribution in [0.5, 0.6) is 11.6 Å². The summed E-state index contributed by atoms with van der Waals surface area (Å²) in [6.07, 6.45) is 2.55. The first-order valence-corrected chi connectivity index (χ1v) is 7.37. The number of halogens is 1. The summed E-state index contributed by atoms with van der Waals surface area (Å²) in [5.41, 5.74) is 1.36. The molecule has 1 aliphatic rings. The Hall–Kier alpha value is -2.14. The molecule has 5 nitrogen and oxygen atoms in total. The molecule has 2 heterocycles. The lowest BCUT2D eigenvalue weighted by Crippen LogP contribution is -2.17. The summed E-state index contributed by atoms with van der Waals surface area (Å²) in [5.74, 6) is 0.815. The van der Waals surface area contributed by atoms with Crippen LogP contribution in [0.2, 0.25) is 5.15 Å². The largest absolute Gasteiger partial charge is 0.497 e. The Kier molecular flexibility index (Phi) is 4.24. The zero-order valence-corrected chi connectivity index (χ0v) is 12.8. The highest BCUT2D eigenvalue weighted by molar-refractivity contribution is 6.33. The van der Waals surface area contributed by atoms with Gasteiger partial charge in [0.2, 0.25) is 5.88 Å². The number of benzene rings is 1. The Balaban J connectivity index is 1.85. The van der Waals surface area contributed by atoms with Gasteiger partial charge in [-0.25, -0.2) is 9.97 Å². The Labute approximate surface area is 133 Å². The van der Waals surface area contributed by atoms with Gasteiger partial charge in [0.15, 0.2) is 5.78 Å². The summed E-state index contributed by atoms with van der Waals surface area (Å²) in [5, 5.41) is 0.150. The topological polar surface area (TPSA) is 61.3 Å². The first kappa shape index (κ1) is 14.8. The molecule has 0 amide bonds. The maximum atomic E-state index is 12.7. The summed E-state index contributed by atoms with van der Waals surface area (Å²) >= 11 is 6.05. The van der Waals surface area contributed by atoms with Crippen LogP contribution in [0.15, 0.2) is 30.6 Å². The third-order valence-electron chi connectivity index (χ3n) is 3.73. The van der Waals surface area contributed by atoms with Gasteiger partial charge in [0.1, 0.15) is 22.8 Å². The molecule has 0 saturated heterocycles. The first-order chi connectivity index (χ1) is 10.7. The highest BCUT2D eigenvalue weighted by atomic mass is 35.5. The van der Waals surface area contributed by atoms with Gasteiger partial charge in [-0.3, -0.25) is 4.79 Å². The number of ether oxygens (including phenoxy) is 2. The van der Waals surface area contributed by atoms with Crippen molar-refractivity contribution in [3.05, 3.63) is 46.9 Å². The lowest BCUT2D eigenvalue weighted by Gasteiger charge is -2.13. The molecule has 0 radical (unpaired) electrons. The van der Waals surface area contributed by atoms with Gasteiger partial charge >= 0.3 is 0 Å². The Morgan fingerprint density at radius 3 is 2.82 bits per heavy atom. The molecule has 0 N–H and O–H groups in total. The number of hydrogen-bond donors (Lipinski definition) is 0. The zero-order chi connectivity index (χ0) is 15.5. The summed E-state index contributed by atoms with van der Waals surface area (Å²) in [6.45, 7) is 0.437. The number of ketones is 1. The number of carbonyl (C=O) groups is 1. The van der Waals surface area contributed by atoms with E-state index in [4.69, 9.17) is 21.1 Å². The monoisotopic (exact) mass is 318 g/mol. The van der Waals surface area contributed by atoms with Crippen molar-refractivity contribution >= 4 is 17.4 Å². The van der Waals surface area contributed by atoms with Gasteiger partial charge in [0.05, 0.1) is 13.7 Å². The standard InChI is InChI=1S/C16H15ClN2O3/c1-21-12-4-2-10(3-5-12)8-11-6-7-22-16-13(14(11)20)15(17)18-9-19-16/h2-5,9,11H,6-8H2,1H3. The van der Waals surface area contributed by atoms with E-state index < -0.39 is 0 Å². The lowest BCUT2D eigenvalue weighted by molar-refractivity contribution is 0.0915. The fraction of sp³-hybridized carbons (Fsp3) is 0.312. The van der Waals surface area contributed by atoms with E-state index in [1.807, 2.05) is 24.3 Å². The molecule has 1 aromatic heterocycles. The maximum absolute atomic E-state index is 12.7. The second-order valence-electron chi connectivity index (χ2n) is 5.10. The number of Topliss-reactive ketones (excluding diaryl/α,β-unsaturated/α-hetero) is 1. The predicted molar refractivity (Wildman–Crippen MR) is 81.7 cm³/mol. The highest BCUT2D eigenvalue weighted by Gasteiger charge is 2.30. The highest BCUT2D eigenvalue weighted by Crippen LogP contribution is 2.31. The molecule has 114 valence electrons. The number of aromatic nitrogens is 2. The normalized spacial score (nSPS) is 17.4. The van der Waals surface area contributed by atoms with E-state index in [9.17, 15) is 4.79 Å². The van der Waals surface area contributed by atoms with Crippen molar-refractivity contribution in [2.45, 2.75) is 12.8 Å². The second-order valence-corrected chi connectivity index (χ2v) is 5.45. The molecule has 0 fully saturated rings. The van der Waals surface area contributed by atoms with Crippen LogP contribution >= 0.6 is 11.6 Å². The van der Waals surface area contributed by atoms with E-state index in [0.29, 0.717) is 25.0 Å². The van der Waals surface area contributed by atoms with Crippen LogP contribution in [-0.4, -0.2) is 29.5 Å². The van der Waals surface area contributed by atoms with E-state index in [-0.39, 0.29) is 22.7 Å². The van der Waals surface area contributed by atoms with Crippen molar-refractivity contribution in [2.75, 3.05) is 13.7 Å². The fourth-order valence-electron chi connectivity index (χ4n) is 2.54. The number of rotatable bonds is 3. The van der Waals surface area contributed by atoms with E-state index >= 15 is 0 Å². The number of methoxy groups -OCH3 is 1. The summed E-state index contributed by atoms with van der Waals surface area (Å²) < 4.78 is 10.7. The average molecular weight is 319 g/mol. The molecule has 1 aromatic carbocycles. The average Bonchev–Trinajstić information content (AvgIpc) is 2.69. The quantitative estimate of drug-likeness (QED) is 0.814. The zero-order valence-electron chi connectivity index (χ0n) is 12.1. The van der Waals surface area contributed by atoms with E-state index in [1.54, 1.807) is 7.11 Å². The lowest BCUT2D eigenvalue weighted by atomic mass is 9.90. The first-order valence-electron chi connectivity index (χ1n) is 6.99. The molecule has 0 bridgehead atoms. The summed E-state index contributed by atoms with van der Waals surface area (Å²) in [6, 6.07) is 7.69. The van der Waals surface area contributed by atoms with Crippen LogP contribution in [0.4, 0.5) is 0 Å². The number of fused-ring (bicyclic) bond motifs is 1. The molecule has 0 saturated carbocycles. The van der Waals surface area contributed by atoms with Crippen molar-refractivity contribution in [3.63, 3.8) is 0 Å². The van der Waals surface area contributed by atoms with Gasteiger partial charge in [-0.2, -0.15) is 0 Å². The van der Waals surface area contributed by atoms with Gasteiger partial charge in [-0.05, 0) is 30.5 Å². The molecule has 0 aliphatic carbocycles. The minimum atomic E-state index is -0.196. The van der Waals surface area contributed by atoms with Crippen molar-refractivity contribution in [3.8, 4) is 11.6 Å². The minimum Gasteiger partial charge on any atom is -0.497 e. The summed E-state index contributed by atoms with van der Waals surface area (Å²) in [4.78, 5) is 20.6. The van der Waals surface area contributed by atoms with Crippen molar-refractivity contribution < 1.29 is 14.3 Å². The molecule has 2 aromatic rings. The van der Waals surface area contributed by atoms with Crippen LogP contribution in [0.25, 0.3) is 0 Å². The Bertz CT molecular complexity index is 688. The van der Waals surface area contributed by atoms with Gasteiger partial charge in [-0.1, -0.05) is 23.7 Å². The Morgan fingerprint density at radius 1 is 1.32 bits per heavy atom. The SMILES string of the molecule is COc1ccc(CC2CCOc3ncnc(Cl)c3C2=O)cc1. The number of carbonyl (C=O) groups excluding carboxylic acids is 1. The maximum Gasteiger partial charge on any atom is 0.229 e. The number of hydrogen-bond acceptors (Lipinski definition) is 5. The molecular weight excluding hydrogens is 304 g/mol. The molecule has 1 atom stereocenters. The van der Waals surface area contributed by atoms with E-state index in [1.165, 1.54) is 6.33 Å². The molecule has 3 rings (SSSR count). The van der Waals surface area contributed by atoms with Gasteiger partial charge in [-0.15, -0.1) is 0 Å². The third kappa shape index (κ3) is 2.90. The molecule has 6 heteroatoms. The van der Waals surface area contributed by atoms with Gasteiger partial charge in [0.25, 0.3) is 0 Å². The predicted octanol–water partition coefficient (Wildman–Crippen LogP) is 2.96. The van der Waals surface area contributed by atoms with Crippen molar-refractivity contribution in [1.29, 1.82) is 0 Å². The molecule has 0 spiro atoms. The van der Waals surface area contributed by atoms with Gasteiger partial charge in [0, 0.05) is 5.92 Å². The molecule has 22 heavy (non-hydrogen) atoms. The Morgan fingerprint density at radius 2 is 2.09 bits per heavy atom. The van der Waals surface area contributed by atoms with Crippen molar-refractivity contribution in [1.82, 2.24) is 9.97 Å². The van der Waals surface area contributed by atoms with Crippen molar-refractivity contribution in [2.24, 2.45) is 5.92 Å². The second kappa shape index (κ2) is 6.32. The number of nitrogens with zero attached hydrogens (tertiary/aromatic N) is 2. The van der Waals surface area contributed by atoms with Crippen LogP contribution in [-0.2, 0) is 6.42 Å². The smallest absolute Gasteiger partial charge is 0.229 e.